The van der Waals surface area contributed by atoms with Gasteiger partial charge in [-0.15, -0.1) is 0 Å². The molecule has 154 valence electrons. The van der Waals surface area contributed by atoms with Crippen LogP contribution in [-0.4, -0.2) is 34.6 Å². The van der Waals surface area contributed by atoms with Crippen molar-refractivity contribution in [1.82, 2.24) is 19.9 Å². The van der Waals surface area contributed by atoms with Crippen molar-refractivity contribution < 1.29 is 12.8 Å². The number of fused-ring (bicyclic) bond motifs is 1. The van der Waals surface area contributed by atoms with Crippen LogP contribution in [0.1, 0.15) is 5.69 Å². The Labute approximate surface area is 171 Å². The van der Waals surface area contributed by atoms with Gasteiger partial charge in [-0.2, -0.15) is 4.98 Å². The molecule has 30 heavy (non-hydrogen) atoms. The number of H-pyrrole nitrogens is 1. The first-order valence-electron chi connectivity index (χ1n) is 8.85. The molecule has 3 aromatic heterocycles. The quantitative estimate of drug-likeness (QED) is 0.370. The minimum atomic E-state index is -3.40. The second-order valence-electron chi connectivity index (χ2n) is 6.66. The third kappa shape index (κ3) is 4.46. The number of rotatable bonds is 6. The first-order valence-corrected chi connectivity index (χ1v) is 10.7. The van der Waals surface area contributed by atoms with E-state index in [2.05, 4.69) is 35.3 Å². The van der Waals surface area contributed by atoms with Crippen LogP contribution in [-0.2, 0) is 10.0 Å². The van der Waals surface area contributed by atoms with E-state index in [-0.39, 0.29) is 17.6 Å². The molecule has 0 spiro atoms. The predicted octanol–water partition coefficient (Wildman–Crippen LogP) is 3.66. The van der Waals surface area contributed by atoms with Gasteiger partial charge in [0.05, 0.1) is 23.8 Å². The molecule has 0 radical (unpaired) electrons. The number of benzene rings is 1. The zero-order valence-electron chi connectivity index (χ0n) is 16.1. The summed E-state index contributed by atoms with van der Waals surface area (Å²) in [4.78, 5) is 15.6. The fourth-order valence-electron chi connectivity index (χ4n) is 2.88. The maximum atomic E-state index is 14.8. The number of aryl methyl sites for hydroxylation is 1. The van der Waals surface area contributed by atoms with Crippen molar-refractivity contribution in [1.29, 1.82) is 0 Å². The summed E-state index contributed by atoms with van der Waals surface area (Å²) in [6.07, 6.45) is 4.02. The van der Waals surface area contributed by atoms with Gasteiger partial charge < -0.3 is 15.6 Å². The van der Waals surface area contributed by atoms with Crippen LogP contribution >= 0.6 is 0 Å². The third-order valence-electron chi connectivity index (χ3n) is 4.10. The molecule has 0 fully saturated rings. The molecule has 4 N–H and O–H groups in total. The number of nitrogens with zero attached hydrogens (tertiary/aromatic N) is 3. The normalized spacial score (nSPS) is 11.4. The van der Waals surface area contributed by atoms with Crippen LogP contribution in [0.2, 0.25) is 0 Å². The summed E-state index contributed by atoms with van der Waals surface area (Å²) >= 11 is 0. The Morgan fingerprint density at radius 2 is 1.87 bits per heavy atom. The number of aromatic amines is 1. The molecule has 0 atom stereocenters. The second-order valence-corrected chi connectivity index (χ2v) is 8.41. The fourth-order valence-corrected chi connectivity index (χ4v) is 3.38. The summed E-state index contributed by atoms with van der Waals surface area (Å²) in [5.74, 6) is 0.499. The van der Waals surface area contributed by atoms with Gasteiger partial charge in [0, 0.05) is 22.8 Å². The van der Waals surface area contributed by atoms with Gasteiger partial charge in [-0.05, 0) is 43.3 Å². The largest absolute Gasteiger partial charge is 0.359 e. The van der Waals surface area contributed by atoms with Crippen LogP contribution in [0, 0.1) is 12.7 Å². The van der Waals surface area contributed by atoms with E-state index in [4.69, 9.17) is 0 Å². The van der Waals surface area contributed by atoms with E-state index in [0.29, 0.717) is 22.6 Å². The second kappa shape index (κ2) is 7.59. The molecule has 9 nitrogen and oxygen atoms in total. The Morgan fingerprint density at radius 1 is 1.03 bits per heavy atom. The van der Waals surface area contributed by atoms with Crippen LogP contribution in [0.15, 0.2) is 48.8 Å². The molecule has 4 aromatic rings. The SMILES string of the molecule is Cc1cc2c(F)c(Nc3ccnc(Nc4ccc(NS(C)(=O)=O)nc4)n3)ccc2[nH]1. The number of hydrogen-bond acceptors (Lipinski definition) is 7. The van der Waals surface area contributed by atoms with Crippen LogP contribution < -0.4 is 15.4 Å². The van der Waals surface area contributed by atoms with Crippen molar-refractivity contribution in [3.63, 3.8) is 0 Å². The van der Waals surface area contributed by atoms with Gasteiger partial charge in [-0.1, -0.05) is 0 Å². The highest BCUT2D eigenvalue weighted by molar-refractivity contribution is 7.92. The number of pyridine rings is 1. The highest BCUT2D eigenvalue weighted by Gasteiger charge is 2.11. The van der Waals surface area contributed by atoms with Gasteiger partial charge in [0.1, 0.15) is 11.6 Å². The summed E-state index contributed by atoms with van der Waals surface area (Å²) in [6, 6.07) is 9.94. The minimum Gasteiger partial charge on any atom is -0.359 e. The van der Waals surface area contributed by atoms with Crippen molar-refractivity contribution in [2.24, 2.45) is 0 Å². The van der Waals surface area contributed by atoms with Crippen molar-refractivity contribution in [3.8, 4) is 0 Å². The summed E-state index contributed by atoms with van der Waals surface area (Å²) in [5.41, 5.74) is 2.45. The summed E-state index contributed by atoms with van der Waals surface area (Å²) < 4.78 is 39.5. The molecular weight excluding hydrogens is 409 g/mol. The average Bonchev–Trinajstić information content (AvgIpc) is 3.06. The number of aromatic nitrogens is 4. The summed E-state index contributed by atoms with van der Waals surface area (Å²) in [6.45, 7) is 1.87. The first kappa shape index (κ1) is 19.6. The number of nitrogens with one attached hydrogen (secondary N) is 4. The lowest BCUT2D eigenvalue weighted by molar-refractivity contribution is 0.606. The number of anilines is 5. The van der Waals surface area contributed by atoms with Crippen LogP contribution in [0.5, 0.6) is 0 Å². The smallest absolute Gasteiger partial charge is 0.230 e. The molecule has 3 heterocycles. The number of hydrogen-bond donors (Lipinski definition) is 4. The summed E-state index contributed by atoms with van der Waals surface area (Å²) in [7, 11) is -3.40. The molecule has 0 amide bonds. The molecule has 11 heteroatoms. The van der Waals surface area contributed by atoms with E-state index in [9.17, 15) is 12.8 Å². The lowest BCUT2D eigenvalue weighted by Gasteiger charge is -2.10. The molecule has 0 saturated carbocycles. The first-order chi connectivity index (χ1) is 14.3. The van der Waals surface area contributed by atoms with E-state index in [1.54, 1.807) is 30.3 Å². The van der Waals surface area contributed by atoms with Crippen LogP contribution in [0.25, 0.3) is 10.9 Å². The summed E-state index contributed by atoms with van der Waals surface area (Å²) in [5, 5.41) is 6.43. The molecule has 0 aliphatic heterocycles. The Bertz CT molecular complexity index is 1320. The molecule has 0 saturated heterocycles. The lowest BCUT2D eigenvalue weighted by Crippen LogP contribution is -2.10. The van der Waals surface area contributed by atoms with Gasteiger partial charge >= 0.3 is 0 Å². The number of sulfonamides is 1. The molecule has 0 bridgehead atoms. The van der Waals surface area contributed by atoms with E-state index < -0.39 is 10.0 Å². The van der Waals surface area contributed by atoms with Gasteiger partial charge in [-0.3, -0.25) is 4.72 Å². The Balaban J connectivity index is 1.51. The lowest BCUT2D eigenvalue weighted by atomic mass is 10.2. The van der Waals surface area contributed by atoms with E-state index in [0.717, 1.165) is 17.5 Å². The number of halogens is 1. The van der Waals surface area contributed by atoms with Gasteiger partial charge in [0.25, 0.3) is 0 Å². The van der Waals surface area contributed by atoms with E-state index in [1.807, 2.05) is 6.92 Å². The monoisotopic (exact) mass is 427 g/mol. The Morgan fingerprint density at radius 3 is 2.60 bits per heavy atom. The maximum Gasteiger partial charge on any atom is 0.230 e. The molecule has 0 aliphatic carbocycles. The highest BCUT2D eigenvalue weighted by atomic mass is 32.2. The minimum absolute atomic E-state index is 0.199. The van der Waals surface area contributed by atoms with E-state index >= 15 is 0 Å². The molecule has 1 aromatic carbocycles. The van der Waals surface area contributed by atoms with Crippen LogP contribution in [0.4, 0.5) is 33.3 Å². The topological polar surface area (TPSA) is 125 Å². The Hall–Kier alpha value is -3.73. The molecule has 0 unspecified atom stereocenters. The fraction of sp³-hybridized carbons (Fsp3) is 0.105. The zero-order chi connectivity index (χ0) is 21.3. The van der Waals surface area contributed by atoms with Crippen molar-refractivity contribution in [3.05, 3.63) is 60.3 Å². The van der Waals surface area contributed by atoms with Crippen molar-refractivity contribution in [2.75, 3.05) is 21.6 Å². The maximum absolute atomic E-state index is 14.8. The van der Waals surface area contributed by atoms with Crippen molar-refractivity contribution in [2.45, 2.75) is 6.92 Å². The van der Waals surface area contributed by atoms with Crippen molar-refractivity contribution >= 4 is 49.9 Å². The Kier molecular flexibility index (Phi) is 4.96. The predicted molar refractivity (Wildman–Crippen MR) is 114 cm³/mol. The standard InChI is InChI=1S/C19H18FN7O2S/c1-11-9-13-14(23-11)4-5-15(18(13)20)25-17-7-8-21-19(26-17)24-12-3-6-16(22-10-12)27-30(2,28)29/h3-10,23H,1-2H3,(H,22,27)(H2,21,24,25,26). The van der Waals surface area contributed by atoms with Gasteiger partial charge in [0.15, 0.2) is 5.82 Å². The molecular formula is C19H18FN7O2S. The molecule has 0 aliphatic rings. The van der Waals surface area contributed by atoms with E-state index in [1.165, 1.54) is 18.5 Å². The zero-order valence-corrected chi connectivity index (χ0v) is 16.9. The van der Waals surface area contributed by atoms with Crippen LogP contribution in [0.3, 0.4) is 0 Å². The highest BCUT2D eigenvalue weighted by Crippen LogP contribution is 2.27. The molecule has 4 rings (SSSR count). The third-order valence-corrected chi connectivity index (χ3v) is 4.68. The van der Waals surface area contributed by atoms with Gasteiger partial charge in [-0.25, -0.2) is 22.8 Å². The van der Waals surface area contributed by atoms with Gasteiger partial charge in [0.2, 0.25) is 16.0 Å². The average molecular weight is 427 g/mol.